The van der Waals surface area contributed by atoms with Gasteiger partial charge in [0.15, 0.2) is 0 Å². The van der Waals surface area contributed by atoms with Crippen molar-refractivity contribution in [3.8, 4) is 0 Å². The zero-order valence-electron chi connectivity index (χ0n) is 81.8. The van der Waals surface area contributed by atoms with Gasteiger partial charge >= 0.3 is 0 Å². The first-order valence-corrected chi connectivity index (χ1v) is 57.5. The molecular formula is C112H172O12PbS4-4. The predicted molar refractivity (Wildman–Crippen MR) is 547 cm³/mol. The molecule has 129 heavy (non-hydrogen) atoms. The molecule has 0 fully saturated rings. The van der Waals surface area contributed by atoms with E-state index in [9.17, 15) is 51.9 Å². The SMILES string of the molecule is CCCCCCCCCc1ccc2cc(CCCCCCCCC)c(S(=O)(=O)[O-])cc2c1.CCCCCCCCCc1ccc2cc(CCCCCCCCC)c(S(=O)(=O)[O-])cc2c1.CCCCCCCCCc1ccc2cc(CCCCCCCCC)c(S(=O)(=O)[O-])cc2c1.CCCCCCCCCc1ccc2cc(CCCCCCCCC)c(S(=O)(=O)[O-])cc2c1.[Pb]. The summed E-state index contributed by atoms with van der Waals surface area (Å²) in [6.45, 7) is 17.8. The van der Waals surface area contributed by atoms with Gasteiger partial charge in [-0.05, 0) is 239 Å². The fourth-order valence-electron chi connectivity index (χ4n) is 18.1. The summed E-state index contributed by atoms with van der Waals surface area (Å²) < 4.78 is 143. The van der Waals surface area contributed by atoms with Gasteiger partial charge in [0.2, 0.25) is 0 Å². The average molecular weight is 2050 g/mol. The van der Waals surface area contributed by atoms with Crippen molar-refractivity contribution in [1.82, 2.24) is 0 Å². The number of hydrogen-bond donors (Lipinski definition) is 0. The van der Waals surface area contributed by atoms with Gasteiger partial charge in [-0.2, -0.15) is 0 Å². The Morgan fingerprint density at radius 3 is 0.434 bits per heavy atom. The smallest absolute Gasteiger partial charge is 0.124 e. The third-order valence-corrected chi connectivity index (χ3v) is 29.6. The molecule has 8 aromatic carbocycles. The summed E-state index contributed by atoms with van der Waals surface area (Å²) in [6.07, 6.45) is 75.2. The van der Waals surface area contributed by atoms with Crippen molar-refractivity contribution >= 4 is 111 Å². The second-order valence-electron chi connectivity index (χ2n) is 37.4. The molecule has 8 rings (SSSR count). The van der Waals surface area contributed by atoms with Gasteiger partial charge in [0.05, 0.1) is 19.6 Å². The molecule has 0 spiro atoms. The number of unbranched alkanes of at least 4 members (excludes halogenated alkanes) is 48. The molecule has 12 nitrogen and oxygen atoms in total. The first kappa shape index (κ1) is 117. The normalized spacial score (nSPS) is 11.9. The van der Waals surface area contributed by atoms with E-state index in [0.717, 1.165) is 146 Å². The Labute approximate surface area is 807 Å². The summed E-state index contributed by atoms with van der Waals surface area (Å²) in [5, 5.41) is 7.56. The van der Waals surface area contributed by atoms with Gasteiger partial charge in [0, 0.05) is 27.3 Å². The minimum absolute atomic E-state index is 0. The van der Waals surface area contributed by atoms with Crippen molar-refractivity contribution in [2.24, 2.45) is 0 Å². The van der Waals surface area contributed by atoms with Crippen LogP contribution in [0.3, 0.4) is 0 Å². The molecule has 0 heterocycles. The van der Waals surface area contributed by atoms with Gasteiger partial charge in [-0.1, -0.05) is 436 Å². The molecule has 0 saturated carbocycles. The van der Waals surface area contributed by atoms with Crippen LogP contribution in [0.5, 0.6) is 0 Å². The van der Waals surface area contributed by atoms with E-state index < -0.39 is 40.5 Å². The van der Waals surface area contributed by atoms with Crippen molar-refractivity contribution in [2.75, 3.05) is 0 Å². The van der Waals surface area contributed by atoms with Crippen LogP contribution in [0.1, 0.15) is 459 Å². The summed E-state index contributed by atoms with van der Waals surface area (Å²) in [6, 6.07) is 39.4. The zero-order chi connectivity index (χ0) is 92.9. The molecule has 0 unspecified atom stereocenters. The van der Waals surface area contributed by atoms with Gasteiger partial charge in [0.25, 0.3) is 0 Å². The second-order valence-corrected chi connectivity index (χ2v) is 42.7. The number of benzene rings is 8. The van der Waals surface area contributed by atoms with Gasteiger partial charge in [-0.25, -0.2) is 33.7 Å². The summed E-state index contributed by atoms with van der Waals surface area (Å²) in [7, 11) is -17.9. The van der Waals surface area contributed by atoms with Crippen molar-refractivity contribution in [3.05, 3.63) is 166 Å². The Hall–Kier alpha value is -4.64. The van der Waals surface area contributed by atoms with E-state index in [1.165, 1.54) is 305 Å². The van der Waals surface area contributed by atoms with Crippen LogP contribution in [-0.2, 0) is 91.8 Å². The van der Waals surface area contributed by atoms with E-state index in [1.807, 2.05) is 24.3 Å². The third-order valence-electron chi connectivity index (χ3n) is 25.9. The monoisotopic (exact) mass is 2050 g/mol. The van der Waals surface area contributed by atoms with E-state index in [1.54, 1.807) is 24.3 Å². The van der Waals surface area contributed by atoms with Gasteiger partial charge in [-0.15, -0.1) is 0 Å². The minimum atomic E-state index is -4.47. The predicted octanol–water partition coefficient (Wildman–Crippen LogP) is 32.9. The summed E-state index contributed by atoms with van der Waals surface area (Å²) in [4.78, 5) is -0.0961. The van der Waals surface area contributed by atoms with Gasteiger partial charge in [-0.3, -0.25) is 0 Å². The van der Waals surface area contributed by atoms with E-state index in [-0.39, 0.29) is 46.9 Å². The van der Waals surface area contributed by atoms with Crippen LogP contribution in [0.4, 0.5) is 0 Å². The first-order valence-electron chi connectivity index (χ1n) is 51.9. The molecule has 8 aromatic rings. The molecule has 0 bridgehead atoms. The Morgan fingerprint density at radius 2 is 0.295 bits per heavy atom. The maximum Gasteiger partial charge on any atom is 0.124 e. The second kappa shape index (κ2) is 69.2. The Kier molecular flexibility index (Phi) is 62.6. The average Bonchev–Trinajstić information content (AvgIpc) is 0.804. The Bertz CT molecular complexity index is 4220. The number of hydrogen-bond acceptors (Lipinski definition) is 12. The molecule has 0 aliphatic carbocycles. The molecule has 0 N–H and O–H groups in total. The number of fused-ring (bicyclic) bond motifs is 4. The van der Waals surface area contributed by atoms with Crippen LogP contribution in [0.2, 0.25) is 0 Å². The van der Waals surface area contributed by atoms with Crippen LogP contribution >= 0.6 is 0 Å². The quantitative estimate of drug-likeness (QED) is 0.0197. The largest absolute Gasteiger partial charge is 0.744 e. The van der Waals surface area contributed by atoms with E-state index in [4.69, 9.17) is 0 Å². The molecule has 0 aliphatic rings. The molecule has 0 aliphatic heterocycles. The zero-order valence-corrected chi connectivity index (χ0v) is 89.0. The maximum absolute atomic E-state index is 12.0. The summed E-state index contributed by atoms with van der Waals surface area (Å²) >= 11 is 0. The van der Waals surface area contributed by atoms with Crippen molar-refractivity contribution in [1.29, 1.82) is 0 Å². The molecule has 724 valence electrons. The Morgan fingerprint density at radius 1 is 0.163 bits per heavy atom. The Balaban J connectivity index is 0.000000359. The molecular weight excluding hydrogens is 1870 g/mol. The standard InChI is InChI=1S/4C28H44O3S.Pb/c4*1-3-5-7-9-11-13-15-17-24-19-20-25-22-26(18-16-14-12-10-8-6-4-2)28(32(29,30)31)23-27(25)21-24;/h4*19-23H,3-18H2,1-2H3,(H,29,30,31);/p-4. The van der Waals surface area contributed by atoms with Crippen LogP contribution in [0.15, 0.2) is 141 Å². The molecule has 4 radical (unpaired) electrons. The van der Waals surface area contributed by atoms with Crippen LogP contribution in [0, 0.1) is 0 Å². The van der Waals surface area contributed by atoms with E-state index >= 15 is 0 Å². The number of rotatable bonds is 68. The molecule has 0 aromatic heterocycles. The molecule has 0 saturated heterocycles. The summed E-state index contributed by atoms with van der Waals surface area (Å²) in [5.41, 5.74) is 7.61. The maximum atomic E-state index is 12.0. The van der Waals surface area contributed by atoms with Crippen LogP contribution in [0.25, 0.3) is 43.1 Å². The van der Waals surface area contributed by atoms with Gasteiger partial charge < -0.3 is 18.2 Å². The van der Waals surface area contributed by atoms with Crippen molar-refractivity contribution in [2.45, 2.75) is 486 Å². The minimum Gasteiger partial charge on any atom is -0.744 e. The van der Waals surface area contributed by atoms with E-state index in [0.29, 0.717) is 47.9 Å². The molecule has 0 amide bonds. The fraction of sp³-hybridized carbons (Fsp3) is 0.643. The molecule has 0 atom stereocenters. The topological polar surface area (TPSA) is 229 Å². The van der Waals surface area contributed by atoms with Gasteiger partial charge in [0.1, 0.15) is 40.5 Å². The van der Waals surface area contributed by atoms with Crippen LogP contribution < -0.4 is 0 Å². The van der Waals surface area contributed by atoms with Crippen LogP contribution in [-0.4, -0.2) is 79.2 Å². The first-order chi connectivity index (χ1) is 61.8. The molecule has 17 heteroatoms. The van der Waals surface area contributed by atoms with Crippen molar-refractivity contribution < 1.29 is 51.9 Å². The van der Waals surface area contributed by atoms with Crippen molar-refractivity contribution in [3.63, 3.8) is 0 Å². The van der Waals surface area contributed by atoms with E-state index in [2.05, 4.69) is 128 Å². The summed E-state index contributed by atoms with van der Waals surface area (Å²) in [5.74, 6) is 0. The fourth-order valence-corrected chi connectivity index (χ4v) is 21.1. The number of aryl methyl sites for hydroxylation is 8. The third kappa shape index (κ3) is 49.6.